The third-order valence-corrected chi connectivity index (χ3v) is 8.40. The van der Waals surface area contributed by atoms with Gasteiger partial charge in [0.15, 0.2) is 0 Å². The molecule has 1 saturated heterocycles. The number of piperidine rings is 1. The first-order chi connectivity index (χ1) is 15.3. The standard InChI is InChI=1S/C23H25ClN2O5S/c1-31-23(28)20-14-18(6-8-21(20)24)25-22(27)16-9-11-26(12-10-16)32(29,30)19-7-5-15-3-2-4-17(15)13-19/h5-8,13-14,16H,2-4,9-12H2,1H3,(H,25,27). The van der Waals surface area contributed by atoms with E-state index >= 15 is 0 Å². The predicted octanol–water partition coefficient (Wildman–Crippen LogP) is 3.65. The number of hydrogen-bond donors (Lipinski definition) is 1. The molecule has 0 atom stereocenters. The van der Waals surface area contributed by atoms with E-state index in [1.807, 2.05) is 6.07 Å². The Morgan fingerprint density at radius 3 is 2.50 bits per heavy atom. The Morgan fingerprint density at radius 1 is 1.06 bits per heavy atom. The van der Waals surface area contributed by atoms with E-state index in [2.05, 4.69) is 5.32 Å². The summed E-state index contributed by atoms with van der Waals surface area (Å²) in [7, 11) is -2.32. The minimum absolute atomic E-state index is 0.169. The van der Waals surface area contributed by atoms with Gasteiger partial charge in [-0.3, -0.25) is 4.79 Å². The van der Waals surface area contributed by atoms with Crippen LogP contribution in [-0.2, 0) is 32.4 Å². The van der Waals surface area contributed by atoms with Gasteiger partial charge in [0.1, 0.15) is 0 Å². The van der Waals surface area contributed by atoms with Crippen LogP contribution in [0.5, 0.6) is 0 Å². The molecule has 0 bridgehead atoms. The fourth-order valence-electron chi connectivity index (χ4n) is 4.33. The molecule has 4 rings (SSSR count). The number of anilines is 1. The maximum Gasteiger partial charge on any atom is 0.339 e. The van der Waals surface area contributed by atoms with Crippen molar-refractivity contribution in [2.75, 3.05) is 25.5 Å². The lowest BCUT2D eigenvalue weighted by molar-refractivity contribution is -0.120. The molecule has 0 aromatic heterocycles. The number of ether oxygens (including phenoxy) is 1. The van der Waals surface area contributed by atoms with E-state index in [0.717, 1.165) is 24.8 Å². The van der Waals surface area contributed by atoms with Gasteiger partial charge in [-0.25, -0.2) is 13.2 Å². The Kier molecular flexibility index (Phi) is 6.55. The van der Waals surface area contributed by atoms with Crippen molar-refractivity contribution in [3.8, 4) is 0 Å². The molecule has 0 spiro atoms. The summed E-state index contributed by atoms with van der Waals surface area (Å²) in [4.78, 5) is 24.9. The molecule has 1 heterocycles. The second-order valence-corrected chi connectivity index (χ2v) is 10.5. The summed E-state index contributed by atoms with van der Waals surface area (Å²) in [6.45, 7) is 0.567. The van der Waals surface area contributed by atoms with Crippen LogP contribution in [0.4, 0.5) is 5.69 Å². The quantitative estimate of drug-likeness (QED) is 0.665. The number of carbonyl (C=O) groups excluding carboxylic acids is 2. The van der Waals surface area contributed by atoms with Gasteiger partial charge in [-0.15, -0.1) is 0 Å². The Labute approximate surface area is 192 Å². The van der Waals surface area contributed by atoms with E-state index in [4.69, 9.17) is 16.3 Å². The summed E-state index contributed by atoms with van der Waals surface area (Å²) in [5, 5.41) is 3.03. The molecule has 0 radical (unpaired) electrons. The zero-order chi connectivity index (χ0) is 22.9. The number of rotatable bonds is 5. The van der Waals surface area contributed by atoms with Crippen LogP contribution >= 0.6 is 11.6 Å². The highest BCUT2D eigenvalue weighted by molar-refractivity contribution is 7.89. The zero-order valence-electron chi connectivity index (χ0n) is 17.8. The van der Waals surface area contributed by atoms with Crippen molar-refractivity contribution in [2.24, 2.45) is 5.92 Å². The van der Waals surface area contributed by atoms with Gasteiger partial charge in [0.2, 0.25) is 15.9 Å². The summed E-state index contributed by atoms with van der Waals surface area (Å²) >= 11 is 6.02. The third-order valence-electron chi connectivity index (χ3n) is 6.17. The molecule has 2 aliphatic rings. The van der Waals surface area contributed by atoms with Gasteiger partial charge in [0.05, 0.1) is 22.6 Å². The Balaban J connectivity index is 1.39. The van der Waals surface area contributed by atoms with Gasteiger partial charge in [-0.1, -0.05) is 17.7 Å². The maximum absolute atomic E-state index is 13.1. The number of esters is 1. The maximum atomic E-state index is 13.1. The largest absolute Gasteiger partial charge is 0.465 e. The van der Waals surface area contributed by atoms with Crippen molar-refractivity contribution in [1.82, 2.24) is 4.31 Å². The van der Waals surface area contributed by atoms with Crippen molar-refractivity contribution < 1.29 is 22.7 Å². The molecule has 1 aliphatic heterocycles. The van der Waals surface area contributed by atoms with E-state index in [0.29, 0.717) is 23.4 Å². The van der Waals surface area contributed by atoms with Crippen molar-refractivity contribution >= 4 is 39.2 Å². The second kappa shape index (κ2) is 9.21. The number of sulfonamides is 1. The van der Waals surface area contributed by atoms with Crippen LogP contribution in [0.3, 0.4) is 0 Å². The first kappa shape index (κ1) is 22.8. The molecule has 0 saturated carbocycles. The molecule has 170 valence electrons. The van der Waals surface area contributed by atoms with Crippen molar-refractivity contribution in [2.45, 2.75) is 37.0 Å². The van der Waals surface area contributed by atoms with Gasteiger partial charge in [-0.05, 0) is 73.6 Å². The minimum atomic E-state index is -3.58. The van der Waals surface area contributed by atoms with Crippen molar-refractivity contribution in [1.29, 1.82) is 0 Å². The SMILES string of the molecule is COC(=O)c1cc(NC(=O)C2CCN(S(=O)(=O)c3ccc4c(c3)CCC4)CC2)ccc1Cl. The second-order valence-electron chi connectivity index (χ2n) is 8.14. The van der Waals surface area contributed by atoms with Crippen LogP contribution in [0, 0.1) is 5.92 Å². The van der Waals surface area contributed by atoms with E-state index < -0.39 is 16.0 Å². The predicted molar refractivity (Wildman–Crippen MR) is 121 cm³/mol. The summed E-state index contributed by atoms with van der Waals surface area (Å²) in [6.07, 6.45) is 3.84. The molecule has 0 unspecified atom stereocenters. The number of halogens is 1. The number of aryl methyl sites for hydroxylation is 2. The highest BCUT2D eigenvalue weighted by atomic mass is 35.5. The Hall–Kier alpha value is -2.42. The topological polar surface area (TPSA) is 92.8 Å². The number of fused-ring (bicyclic) bond motifs is 1. The van der Waals surface area contributed by atoms with Crippen LogP contribution in [0.25, 0.3) is 0 Å². The van der Waals surface area contributed by atoms with E-state index in [1.54, 1.807) is 18.2 Å². The first-order valence-electron chi connectivity index (χ1n) is 10.6. The molecule has 2 aromatic rings. The molecule has 1 N–H and O–H groups in total. The van der Waals surface area contributed by atoms with Crippen LogP contribution in [0.15, 0.2) is 41.3 Å². The number of nitrogens with one attached hydrogen (secondary N) is 1. The van der Waals surface area contributed by atoms with Gasteiger partial charge >= 0.3 is 5.97 Å². The number of hydrogen-bond acceptors (Lipinski definition) is 5. The van der Waals surface area contributed by atoms with Crippen LogP contribution in [0.1, 0.15) is 40.7 Å². The molecule has 9 heteroatoms. The van der Waals surface area contributed by atoms with Crippen LogP contribution < -0.4 is 5.32 Å². The lowest BCUT2D eigenvalue weighted by Crippen LogP contribution is -2.41. The third kappa shape index (κ3) is 4.53. The number of benzene rings is 2. The smallest absolute Gasteiger partial charge is 0.339 e. The average molecular weight is 477 g/mol. The van der Waals surface area contributed by atoms with Gasteiger partial charge in [0.25, 0.3) is 0 Å². The zero-order valence-corrected chi connectivity index (χ0v) is 19.3. The molecular weight excluding hydrogens is 452 g/mol. The van der Waals surface area contributed by atoms with Crippen LogP contribution in [-0.4, -0.2) is 44.8 Å². The molecule has 32 heavy (non-hydrogen) atoms. The fourth-order valence-corrected chi connectivity index (χ4v) is 6.05. The fraction of sp³-hybridized carbons (Fsp3) is 0.391. The van der Waals surface area contributed by atoms with Gasteiger partial charge < -0.3 is 10.1 Å². The summed E-state index contributed by atoms with van der Waals surface area (Å²) in [6, 6.07) is 10.0. The number of nitrogens with zero attached hydrogens (tertiary/aromatic N) is 1. The summed E-state index contributed by atoms with van der Waals surface area (Å²) in [5.41, 5.74) is 2.96. The van der Waals surface area contributed by atoms with Crippen molar-refractivity contribution in [3.63, 3.8) is 0 Å². The van der Waals surface area contributed by atoms with Crippen molar-refractivity contribution in [3.05, 3.63) is 58.1 Å². The Morgan fingerprint density at radius 2 is 1.78 bits per heavy atom. The molecule has 1 fully saturated rings. The number of carbonyl (C=O) groups is 2. The lowest BCUT2D eigenvalue weighted by atomic mass is 9.97. The number of amides is 1. The summed E-state index contributed by atoms with van der Waals surface area (Å²) in [5.74, 6) is -1.12. The first-order valence-corrected chi connectivity index (χ1v) is 12.4. The van der Waals surface area contributed by atoms with Crippen LogP contribution in [0.2, 0.25) is 5.02 Å². The monoisotopic (exact) mass is 476 g/mol. The molecule has 1 aliphatic carbocycles. The normalized spacial score (nSPS) is 17.1. The van der Waals surface area contributed by atoms with E-state index in [-0.39, 0.29) is 35.5 Å². The molecule has 1 amide bonds. The molecular formula is C23H25ClN2O5S. The minimum Gasteiger partial charge on any atom is -0.465 e. The summed E-state index contributed by atoms with van der Waals surface area (Å²) < 4.78 is 32.3. The molecule has 7 nitrogen and oxygen atoms in total. The number of methoxy groups -OCH3 is 1. The van der Waals surface area contributed by atoms with Gasteiger partial charge in [-0.2, -0.15) is 4.31 Å². The van der Waals surface area contributed by atoms with E-state index in [1.165, 1.54) is 29.1 Å². The Bertz CT molecular complexity index is 1160. The van der Waals surface area contributed by atoms with Gasteiger partial charge in [0, 0.05) is 24.7 Å². The highest BCUT2D eigenvalue weighted by Gasteiger charge is 2.32. The van der Waals surface area contributed by atoms with E-state index in [9.17, 15) is 18.0 Å². The molecule has 2 aromatic carbocycles. The highest BCUT2D eigenvalue weighted by Crippen LogP contribution is 2.29. The average Bonchev–Trinajstić information content (AvgIpc) is 3.28. The lowest BCUT2D eigenvalue weighted by Gasteiger charge is -2.30.